The zero-order chi connectivity index (χ0) is 11.9. The van der Waals surface area contributed by atoms with Crippen molar-refractivity contribution in [3.63, 3.8) is 0 Å². The molecule has 0 bridgehead atoms. The molecule has 2 aliphatic rings. The van der Waals surface area contributed by atoms with Gasteiger partial charge in [0.15, 0.2) is 5.78 Å². The van der Waals surface area contributed by atoms with Crippen LogP contribution in [0.5, 0.6) is 0 Å². The average Bonchev–Trinajstić information content (AvgIpc) is 2.95. The molecule has 0 spiro atoms. The standard InChI is InChI=1S/C14H18N2O/c1-14(7-3-9-16-14)13(17)11-6-5-10-4-2-8-15-12(10)11/h2,4,8,11,16H,3,5-7,9H2,1H3. The highest BCUT2D eigenvalue weighted by molar-refractivity contribution is 5.94. The molecule has 1 fully saturated rings. The normalized spacial score (nSPS) is 31.5. The molecule has 1 aliphatic heterocycles. The van der Waals surface area contributed by atoms with E-state index in [0.717, 1.165) is 37.9 Å². The Morgan fingerprint density at radius 2 is 2.47 bits per heavy atom. The molecule has 1 N–H and O–H groups in total. The summed E-state index contributed by atoms with van der Waals surface area (Å²) in [5, 5.41) is 3.36. The maximum absolute atomic E-state index is 12.6. The van der Waals surface area contributed by atoms with Crippen molar-refractivity contribution >= 4 is 5.78 Å². The van der Waals surface area contributed by atoms with Gasteiger partial charge in [0, 0.05) is 6.20 Å². The fourth-order valence-corrected chi connectivity index (χ4v) is 3.16. The van der Waals surface area contributed by atoms with Crippen LogP contribution in [0.3, 0.4) is 0 Å². The molecular weight excluding hydrogens is 212 g/mol. The molecule has 1 aliphatic carbocycles. The summed E-state index contributed by atoms with van der Waals surface area (Å²) < 4.78 is 0. The molecule has 1 saturated heterocycles. The monoisotopic (exact) mass is 230 g/mol. The lowest BCUT2D eigenvalue weighted by atomic mass is 9.84. The molecule has 90 valence electrons. The van der Waals surface area contributed by atoms with Gasteiger partial charge in [0.2, 0.25) is 0 Å². The molecule has 0 amide bonds. The summed E-state index contributed by atoms with van der Waals surface area (Å²) in [4.78, 5) is 17.0. The van der Waals surface area contributed by atoms with Gasteiger partial charge in [-0.05, 0) is 50.8 Å². The van der Waals surface area contributed by atoms with E-state index in [1.54, 1.807) is 6.20 Å². The molecule has 3 heteroatoms. The van der Waals surface area contributed by atoms with Gasteiger partial charge in [-0.2, -0.15) is 0 Å². The van der Waals surface area contributed by atoms with Crippen molar-refractivity contribution in [1.82, 2.24) is 10.3 Å². The SMILES string of the molecule is CC1(C(=O)C2CCc3cccnc32)CCCN1. The zero-order valence-corrected chi connectivity index (χ0v) is 10.2. The van der Waals surface area contributed by atoms with E-state index in [0.29, 0.717) is 5.78 Å². The van der Waals surface area contributed by atoms with Gasteiger partial charge in [-0.25, -0.2) is 0 Å². The van der Waals surface area contributed by atoms with Crippen LogP contribution in [0.4, 0.5) is 0 Å². The molecule has 0 radical (unpaired) electrons. The molecule has 2 heterocycles. The minimum absolute atomic E-state index is 0.0156. The highest BCUT2D eigenvalue weighted by Crippen LogP contribution is 2.36. The first-order chi connectivity index (χ1) is 8.21. The lowest BCUT2D eigenvalue weighted by molar-refractivity contribution is -0.125. The second-order valence-electron chi connectivity index (χ2n) is 5.37. The molecule has 2 atom stereocenters. The smallest absolute Gasteiger partial charge is 0.161 e. The lowest BCUT2D eigenvalue weighted by Crippen LogP contribution is -2.46. The maximum Gasteiger partial charge on any atom is 0.161 e. The van der Waals surface area contributed by atoms with Gasteiger partial charge in [-0.15, -0.1) is 0 Å². The van der Waals surface area contributed by atoms with Crippen LogP contribution < -0.4 is 5.32 Å². The number of aromatic nitrogens is 1. The van der Waals surface area contributed by atoms with Crippen LogP contribution in [0.15, 0.2) is 18.3 Å². The molecule has 17 heavy (non-hydrogen) atoms. The van der Waals surface area contributed by atoms with E-state index in [4.69, 9.17) is 0 Å². The van der Waals surface area contributed by atoms with E-state index >= 15 is 0 Å². The Hall–Kier alpha value is -1.22. The van der Waals surface area contributed by atoms with Crippen LogP contribution in [0.25, 0.3) is 0 Å². The van der Waals surface area contributed by atoms with E-state index in [-0.39, 0.29) is 11.5 Å². The Balaban J connectivity index is 1.89. The van der Waals surface area contributed by atoms with Gasteiger partial charge in [0.25, 0.3) is 0 Å². The number of Topliss-reactive ketones (excluding diaryl/α,β-unsaturated/α-hetero) is 1. The van der Waals surface area contributed by atoms with Gasteiger partial charge in [-0.3, -0.25) is 9.78 Å². The van der Waals surface area contributed by atoms with Gasteiger partial charge < -0.3 is 5.32 Å². The number of rotatable bonds is 2. The molecule has 3 rings (SSSR count). The van der Waals surface area contributed by atoms with Crippen molar-refractivity contribution in [3.8, 4) is 0 Å². The van der Waals surface area contributed by atoms with Crippen LogP contribution in [0, 0.1) is 0 Å². The quantitative estimate of drug-likeness (QED) is 0.842. The van der Waals surface area contributed by atoms with E-state index in [1.807, 2.05) is 13.0 Å². The second-order valence-corrected chi connectivity index (χ2v) is 5.37. The summed E-state index contributed by atoms with van der Waals surface area (Å²) in [7, 11) is 0. The highest BCUT2D eigenvalue weighted by Gasteiger charge is 2.42. The average molecular weight is 230 g/mol. The van der Waals surface area contributed by atoms with Crippen LogP contribution in [-0.4, -0.2) is 22.9 Å². The first-order valence-corrected chi connectivity index (χ1v) is 6.44. The Kier molecular flexibility index (Phi) is 2.51. The molecule has 3 nitrogen and oxygen atoms in total. The lowest BCUT2D eigenvalue weighted by Gasteiger charge is -2.26. The summed E-state index contributed by atoms with van der Waals surface area (Å²) in [5.41, 5.74) is 1.96. The first kappa shape index (κ1) is 10.9. The third-order valence-electron chi connectivity index (χ3n) is 4.19. The molecule has 0 aromatic carbocycles. The van der Waals surface area contributed by atoms with E-state index in [2.05, 4.69) is 16.4 Å². The van der Waals surface area contributed by atoms with E-state index < -0.39 is 0 Å². The number of hydrogen-bond donors (Lipinski definition) is 1. The van der Waals surface area contributed by atoms with Gasteiger partial charge in [0.05, 0.1) is 17.2 Å². The van der Waals surface area contributed by atoms with Crippen molar-refractivity contribution in [2.45, 2.75) is 44.1 Å². The summed E-state index contributed by atoms with van der Waals surface area (Å²) in [6.45, 7) is 3.01. The molecule has 1 aromatic heterocycles. The van der Waals surface area contributed by atoms with E-state index in [9.17, 15) is 4.79 Å². The van der Waals surface area contributed by atoms with Gasteiger partial charge >= 0.3 is 0 Å². The molecule has 0 saturated carbocycles. The Labute approximate surface area is 102 Å². The van der Waals surface area contributed by atoms with Crippen LogP contribution in [0.1, 0.15) is 43.4 Å². The summed E-state index contributed by atoms with van der Waals surface area (Å²) in [6, 6.07) is 4.06. The van der Waals surface area contributed by atoms with Crippen molar-refractivity contribution in [2.24, 2.45) is 0 Å². The molecule has 1 aromatic rings. The number of carbonyl (C=O) groups excluding carboxylic acids is 1. The van der Waals surface area contributed by atoms with Crippen LogP contribution in [0.2, 0.25) is 0 Å². The van der Waals surface area contributed by atoms with Crippen LogP contribution in [-0.2, 0) is 11.2 Å². The highest BCUT2D eigenvalue weighted by atomic mass is 16.1. The van der Waals surface area contributed by atoms with Gasteiger partial charge in [-0.1, -0.05) is 6.07 Å². The fraction of sp³-hybridized carbons (Fsp3) is 0.571. The fourth-order valence-electron chi connectivity index (χ4n) is 3.16. The number of ketones is 1. The van der Waals surface area contributed by atoms with Gasteiger partial charge in [0.1, 0.15) is 0 Å². The topological polar surface area (TPSA) is 42.0 Å². The van der Waals surface area contributed by atoms with Crippen molar-refractivity contribution in [3.05, 3.63) is 29.6 Å². The van der Waals surface area contributed by atoms with Crippen molar-refractivity contribution in [1.29, 1.82) is 0 Å². The number of fused-ring (bicyclic) bond motifs is 1. The Bertz CT molecular complexity index is 449. The maximum atomic E-state index is 12.6. The predicted octanol–water partition coefficient (Wildman–Crippen LogP) is 1.82. The number of hydrogen-bond acceptors (Lipinski definition) is 3. The molecular formula is C14H18N2O. The second kappa shape index (κ2) is 3.91. The largest absolute Gasteiger partial charge is 0.305 e. The first-order valence-electron chi connectivity index (χ1n) is 6.44. The zero-order valence-electron chi connectivity index (χ0n) is 10.2. The summed E-state index contributed by atoms with van der Waals surface area (Å²) >= 11 is 0. The number of pyridine rings is 1. The third kappa shape index (κ3) is 1.69. The summed E-state index contributed by atoms with van der Waals surface area (Å²) in [5.74, 6) is 0.356. The molecule has 2 unspecified atom stereocenters. The number of aryl methyl sites for hydroxylation is 1. The number of nitrogens with one attached hydrogen (secondary N) is 1. The minimum atomic E-state index is -0.316. The Morgan fingerprint density at radius 3 is 3.24 bits per heavy atom. The predicted molar refractivity (Wildman–Crippen MR) is 65.9 cm³/mol. The van der Waals surface area contributed by atoms with Crippen LogP contribution >= 0.6 is 0 Å². The third-order valence-corrected chi connectivity index (χ3v) is 4.19. The number of nitrogens with zero attached hydrogens (tertiary/aromatic N) is 1. The van der Waals surface area contributed by atoms with Crippen molar-refractivity contribution < 1.29 is 4.79 Å². The Morgan fingerprint density at radius 1 is 1.59 bits per heavy atom. The van der Waals surface area contributed by atoms with Crippen molar-refractivity contribution in [2.75, 3.05) is 6.54 Å². The minimum Gasteiger partial charge on any atom is -0.305 e. The summed E-state index contributed by atoms with van der Waals surface area (Å²) in [6.07, 6.45) is 5.79. The van der Waals surface area contributed by atoms with E-state index in [1.165, 1.54) is 5.56 Å². The number of carbonyl (C=O) groups is 1.